The molecular weight excluding hydrogens is 276 g/mol. The summed E-state index contributed by atoms with van der Waals surface area (Å²) in [7, 11) is 0. The third-order valence-corrected chi connectivity index (χ3v) is 4.02. The molecular formula is C14H12N2O3S. The maximum atomic E-state index is 12.3. The fraction of sp³-hybridized carbons (Fsp3) is 0.286. The van der Waals surface area contributed by atoms with E-state index in [0.29, 0.717) is 11.4 Å². The Hall–Kier alpha value is -2.08. The Morgan fingerprint density at radius 1 is 1.20 bits per heavy atom. The van der Waals surface area contributed by atoms with Gasteiger partial charge in [-0.15, -0.1) is 0 Å². The molecule has 5 nitrogen and oxygen atoms in total. The van der Waals surface area contributed by atoms with Gasteiger partial charge in [0.15, 0.2) is 0 Å². The van der Waals surface area contributed by atoms with Crippen LogP contribution in [0.2, 0.25) is 0 Å². The van der Waals surface area contributed by atoms with Crippen LogP contribution in [0.1, 0.15) is 24.0 Å². The molecule has 102 valence electrons. The molecule has 0 bridgehead atoms. The molecule has 0 aliphatic carbocycles. The molecule has 6 heteroatoms. The van der Waals surface area contributed by atoms with Crippen LogP contribution in [0.15, 0.2) is 24.3 Å². The van der Waals surface area contributed by atoms with Gasteiger partial charge in [0.25, 0.3) is 0 Å². The Morgan fingerprint density at radius 3 is 2.70 bits per heavy atom. The van der Waals surface area contributed by atoms with Gasteiger partial charge in [0.05, 0.1) is 6.42 Å². The van der Waals surface area contributed by atoms with E-state index in [0.717, 1.165) is 11.1 Å². The molecule has 1 aromatic rings. The van der Waals surface area contributed by atoms with Crippen LogP contribution in [0.25, 0.3) is 0 Å². The highest BCUT2D eigenvalue weighted by molar-refractivity contribution is 7.80. The molecule has 0 spiro atoms. The number of hydrogen-bond donors (Lipinski definition) is 1. The molecule has 0 radical (unpaired) electrons. The van der Waals surface area contributed by atoms with Crippen molar-refractivity contribution in [2.75, 3.05) is 0 Å². The van der Waals surface area contributed by atoms with E-state index in [2.05, 4.69) is 5.32 Å². The van der Waals surface area contributed by atoms with Crippen molar-refractivity contribution in [1.82, 2.24) is 10.2 Å². The average Bonchev–Trinajstić information content (AvgIpc) is 2.41. The first-order valence-corrected chi connectivity index (χ1v) is 6.77. The molecule has 3 amide bonds. The first-order chi connectivity index (χ1) is 9.58. The smallest absolute Gasteiger partial charge is 0.249 e. The lowest BCUT2D eigenvalue weighted by Gasteiger charge is -2.36. The summed E-state index contributed by atoms with van der Waals surface area (Å²) in [4.78, 5) is 37.1. The fourth-order valence-electron chi connectivity index (χ4n) is 2.62. The van der Waals surface area contributed by atoms with Gasteiger partial charge in [-0.1, -0.05) is 36.5 Å². The number of hydrogen-bond acceptors (Lipinski definition) is 4. The summed E-state index contributed by atoms with van der Waals surface area (Å²) >= 11 is 5.36. The van der Waals surface area contributed by atoms with Gasteiger partial charge in [-0.2, -0.15) is 0 Å². The predicted octanol–water partition coefficient (Wildman–Crippen LogP) is 0.552. The quantitative estimate of drug-likeness (QED) is 0.605. The summed E-state index contributed by atoms with van der Waals surface area (Å²) in [5, 5.41) is 2.26. The van der Waals surface area contributed by atoms with Crippen LogP contribution < -0.4 is 5.32 Å². The maximum absolute atomic E-state index is 12.3. The minimum absolute atomic E-state index is 0.191. The van der Waals surface area contributed by atoms with Crippen LogP contribution in [0, 0.1) is 0 Å². The van der Waals surface area contributed by atoms with Crippen molar-refractivity contribution in [2.24, 2.45) is 0 Å². The highest BCUT2D eigenvalue weighted by Gasteiger charge is 2.39. The largest absolute Gasteiger partial charge is 0.295 e. The maximum Gasteiger partial charge on any atom is 0.249 e. The molecule has 0 unspecified atom stereocenters. The number of rotatable bonds is 1. The van der Waals surface area contributed by atoms with E-state index < -0.39 is 11.9 Å². The number of amides is 3. The summed E-state index contributed by atoms with van der Waals surface area (Å²) in [6.45, 7) is 0. The topological polar surface area (TPSA) is 66.5 Å². The average molecular weight is 288 g/mol. The van der Waals surface area contributed by atoms with Crippen molar-refractivity contribution >= 4 is 34.9 Å². The van der Waals surface area contributed by atoms with Gasteiger partial charge in [0, 0.05) is 12.0 Å². The van der Waals surface area contributed by atoms with E-state index in [4.69, 9.17) is 12.2 Å². The molecule has 2 heterocycles. The highest BCUT2D eigenvalue weighted by atomic mass is 32.1. The molecule has 1 saturated heterocycles. The Bertz CT molecular complexity index is 641. The monoisotopic (exact) mass is 288 g/mol. The molecule has 0 aromatic heterocycles. The van der Waals surface area contributed by atoms with Crippen molar-refractivity contribution < 1.29 is 14.4 Å². The van der Waals surface area contributed by atoms with Gasteiger partial charge in [-0.05, 0) is 12.0 Å². The number of piperidine rings is 1. The molecule has 1 aromatic carbocycles. The standard InChI is InChI=1S/C14H12N2O3S/c17-11-6-5-10(13(19)15-11)16-12(18)7-8-3-1-2-4-9(8)14(16)20/h1-4,10H,5-7H2,(H,15,17,19)/t10-/m0/s1. The number of fused-ring (bicyclic) bond motifs is 1. The normalized spacial score (nSPS) is 22.6. The molecule has 20 heavy (non-hydrogen) atoms. The van der Waals surface area contributed by atoms with E-state index in [1.165, 1.54) is 4.90 Å². The van der Waals surface area contributed by atoms with Gasteiger partial charge in [0.2, 0.25) is 17.7 Å². The van der Waals surface area contributed by atoms with E-state index in [9.17, 15) is 14.4 Å². The number of carbonyl (C=O) groups is 3. The number of nitrogens with one attached hydrogen (secondary N) is 1. The summed E-state index contributed by atoms with van der Waals surface area (Å²) < 4.78 is 0. The van der Waals surface area contributed by atoms with Crippen molar-refractivity contribution in [3.8, 4) is 0 Å². The number of benzene rings is 1. The van der Waals surface area contributed by atoms with Gasteiger partial charge in [-0.25, -0.2) is 0 Å². The SMILES string of the molecule is O=C1CC[C@H](N2C(=O)Cc3ccccc3C2=S)C(=O)N1. The number of imide groups is 1. The summed E-state index contributed by atoms with van der Waals surface area (Å²) in [5.41, 5.74) is 1.69. The van der Waals surface area contributed by atoms with E-state index in [-0.39, 0.29) is 24.7 Å². The molecule has 3 rings (SSSR count). The van der Waals surface area contributed by atoms with Crippen molar-refractivity contribution in [3.05, 3.63) is 35.4 Å². The van der Waals surface area contributed by atoms with Crippen LogP contribution in [0.3, 0.4) is 0 Å². The van der Waals surface area contributed by atoms with Crippen LogP contribution in [-0.4, -0.2) is 33.7 Å². The summed E-state index contributed by atoms with van der Waals surface area (Å²) in [6, 6.07) is 6.74. The van der Waals surface area contributed by atoms with Crippen LogP contribution in [0.4, 0.5) is 0 Å². The minimum Gasteiger partial charge on any atom is -0.295 e. The second kappa shape index (κ2) is 4.79. The first kappa shape index (κ1) is 12.9. The summed E-state index contributed by atoms with van der Waals surface area (Å²) in [6.07, 6.45) is 0.775. The van der Waals surface area contributed by atoms with Crippen LogP contribution in [-0.2, 0) is 20.8 Å². The zero-order valence-corrected chi connectivity index (χ0v) is 11.4. The Labute approximate surface area is 120 Å². The molecule has 1 fully saturated rings. The first-order valence-electron chi connectivity index (χ1n) is 6.36. The molecule has 2 aliphatic heterocycles. The van der Waals surface area contributed by atoms with Gasteiger partial charge >= 0.3 is 0 Å². The van der Waals surface area contributed by atoms with Crippen molar-refractivity contribution in [2.45, 2.75) is 25.3 Å². The zero-order chi connectivity index (χ0) is 14.3. The summed E-state index contributed by atoms with van der Waals surface area (Å²) in [5.74, 6) is -0.943. The Morgan fingerprint density at radius 2 is 1.95 bits per heavy atom. The molecule has 0 saturated carbocycles. The third-order valence-electron chi connectivity index (χ3n) is 3.60. The number of nitrogens with zero attached hydrogens (tertiary/aromatic N) is 1. The zero-order valence-electron chi connectivity index (χ0n) is 10.6. The van der Waals surface area contributed by atoms with Crippen molar-refractivity contribution in [1.29, 1.82) is 0 Å². The third kappa shape index (κ3) is 2.02. The van der Waals surface area contributed by atoms with Gasteiger partial charge in [0.1, 0.15) is 11.0 Å². The fourth-order valence-corrected chi connectivity index (χ4v) is 3.05. The van der Waals surface area contributed by atoms with Crippen molar-refractivity contribution in [3.63, 3.8) is 0 Å². The van der Waals surface area contributed by atoms with Crippen LogP contribution >= 0.6 is 12.2 Å². The molecule has 1 atom stereocenters. The Balaban J connectivity index is 1.95. The minimum atomic E-state index is -0.680. The second-order valence-corrected chi connectivity index (χ2v) is 5.26. The Kier molecular flexibility index (Phi) is 3.10. The predicted molar refractivity (Wildman–Crippen MR) is 74.9 cm³/mol. The second-order valence-electron chi connectivity index (χ2n) is 4.87. The highest BCUT2D eigenvalue weighted by Crippen LogP contribution is 2.25. The van der Waals surface area contributed by atoms with E-state index in [1.54, 1.807) is 0 Å². The molecule has 2 aliphatic rings. The van der Waals surface area contributed by atoms with Gasteiger partial charge < -0.3 is 0 Å². The number of carbonyl (C=O) groups excluding carboxylic acids is 3. The van der Waals surface area contributed by atoms with Crippen LogP contribution in [0.5, 0.6) is 0 Å². The van der Waals surface area contributed by atoms with E-state index in [1.807, 2.05) is 24.3 Å². The number of thiocarbonyl (C=S) groups is 1. The lowest BCUT2D eigenvalue weighted by molar-refractivity contribution is -0.142. The lowest BCUT2D eigenvalue weighted by Crippen LogP contribution is -2.57. The molecule has 1 N–H and O–H groups in total. The van der Waals surface area contributed by atoms with Gasteiger partial charge in [-0.3, -0.25) is 24.6 Å². The van der Waals surface area contributed by atoms with E-state index >= 15 is 0 Å². The lowest BCUT2D eigenvalue weighted by atomic mass is 9.95.